The first-order valence-electron chi connectivity index (χ1n) is 11.3. The lowest BCUT2D eigenvalue weighted by molar-refractivity contribution is -0.129. The number of aromatic carboxylic acids is 1. The quantitative estimate of drug-likeness (QED) is 0.717. The molecule has 0 saturated heterocycles. The topological polar surface area (TPSA) is 62.5 Å². The highest BCUT2D eigenvalue weighted by atomic mass is 16.4. The summed E-state index contributed by atoms with van der Waals surface area (Å²) in [5, 5.41) is 10.7. The van der Waals surface area contributed by atoms with E-state index >= 15 is 0 Å². The summed E-state index contributed by atoms with van der Waals surface area (Å²) >= 11 is 0. The first-order chi connectivity index (χ1) is 14.5. The molecule has 1 N–H and O–H groups in total. The number of carbonyl (C=O) groups excluding carboxylic acids is 1. The highest BCUT2D eigenvalue weighted by Crippen LogP contribution is 2.44. The summed E-state index contributed by atoms with van der Waals surface area (Å²) in [6.07, 6.45) is 12.9. The maximum atomic E-state index is 12.8. The Morgan fingerprint density at radius 2 is 1.87 bits per heavy atom. The molecule has 1 amide bonds. The molecule has 2 aromatic rings. The van der Waals surface area contributed by atoms with Gasteiger partial charge in [-0.1, -0.05) is 31.4 Å². The van der Waals surface area contributed by atoms with E-state index in [2.05, 4.69) is 10.6 Å². The lowest BCUT2D eigenvalue weighted by Crippen LogP contribution is -2.27. The Morgan fingerprint density at radius 3 is 2.50 bits per heavy atom. The number of allylic oxidation sites excluding steroid dienone is 2. The van der Waals surface area contributed by atoms with Crippen LogP contribution < -0.4 is 0 Å². The predicted molar refractivity (Wildman–Crippen MR) is 120 cm³/mol. The van der Waals surface area contributed by atoms with E-state index in [4.69, 9.17) is 0 Å². The number of hydrogen-bond acceptors (Lipinski definition) is 2. The summed E-state index contributed by atoms with van der Waals surface area (Å²) in [6.45, 7) is 0.242. The second kappa shape index (κ2) is 8.66. The summed E-state index contributed by atoms with van der Waals surface area (Å²) in [7, 11) is 3.55. The van der Waals surface area contributed by atoms with E-state index in [0.29, 0.717) is 5.92 Å². The summed E-state index contributed by atoms with van der Waals surface area (Å²) in [5.74, 6) is -0.424. The zero-order valence-corrected chi connectivity index (χ0v) is 18.1. The number of benzene rings is 1. The molecular formula is C25H32N2O3. The van der Waals surface area contributed by atoms with Gasteiger partial charge < -0.3 is 14.6 Å². The first kappa shape index (κ1) is 20.7. The van der Waals surface area contributed by atoms with Gasteiger partial charge in [-0.3, -0.25) is 4.79 Å². The molecule has 5 heteroatoms. The Morgan fingerprint density at radius 1 is 1.10 bits per heavy atom. The molecule has 1 saturated carbocycles. The molecule has 0 atom stereocenters. The number of aromatic nitrogens is 1. The Kier molecular flexibility index (Phi) is 5.98. The minimum absolute atomic E-state index is 0.0282. The summed E-state index contributed by atoms with van der Waals surface area (Å²) in [4.78, 5) is 26.1. The molecule has 1 fully saturated rings. The van der Waals surface area contributed by atoms with E-state index in [1.165, 1.54) is 61.8 Å². The minimum Gasteiger partial charge on any atom is -0.478 e. The summed E-state index contributed by atoms with van der Waals surface area (Å²) < 4.78 is 2.12. The third-order valence-electron chi connectivity index (χ3n) is 6.75. The maximum Gasteiger partial charge on any atom is 0.335 e. The normalized spacial score (nSPS) is 17.7. The van der Waals surface area contributed by atoms with E-state index < -0.39 is 5.97 Å². The van der Waals surface area contributed by atoms with Crippen LogP contribution in [0.1, 0.15) is 85.3 Å². The van der Waals surface area contributed by atoms with Crippen molar-refractivity contribution in [3.05, 3.63) is 41.1 Å². The van der Waals surface area contributed by atoms with Crippen molar-refractivity contribution >= 4 is 28.4 Å². The van der Waals surface area contributed by atoms with Crippen LogP contribution in [0.15, 0.2) is 24.3 Å². The zero-order chi connectivity index (χ0) is 21.3. The molecule has 0 radical (unpaired) electrons. The van der Waals surface area contributed by atoms with Gasteiger partial charge in [0.15, 0.2) is 0 Å². The van der Waals surface area contributed by atoms with E-state index in [1.54, 1.807) is 31.1 Å². The predicted octanol–water partition coefficient (Wildman–Crippen LogP) is 5.43. The van der Waals surface area contributed by atoms with Crippen molar-refractivity contribution in [2.24, 2.45) is 0 Å². The standard InChI is InChI=1S/C25H32N2O3/c1-26(2)22(28)16-27-21-15-19(25(29)30)13-14-20(21)23(17-9-5-3-6-10-17)24(27)18-11-7-4-8-12-18/h11,13-15,17H,3-10,12,16H2,1-2H3,(H,29,30). The average molecular weight is 409 g/mol. The molecule has 4 rings (SSSR count). The van der Waals surface area contributed by atoms with Gasteiger partial charge in [0, 0.05) is 25.2 Å². The number of carboxylic acid groups (broad SMARTS) is 1. The van der Waals surface area contributed by atoms with Crippen LogP contribution in [0.4, 0.5) is 0 Å². The van der Waals surface area contributed by atoms with Crippen LogP contribution in [-0.2, 0) is 11.3 Å². The van der Waals surface area contributed by atoms with Crippen LogP contribution >= 0.6 is 0 Å². The fraction of sp³-hybridized carbons (Fsp3) is 0.520. The smallest absolute Gasteiger partial charge is 0.335 e. The second-order valence-corrected chi connectivity index (χ2v) is 8.98. The molecule has 30 heavy (non-hydrogen) atoms. The third kappa shape index (κ3) is 3.90. The van der Waals surface area contributed by atoms with Crippen molar-refractivity contribution in [2.75, 3.05) is 14.1 Å². The second-order valence-electron chi connectivity index (χ2n) is 8.98. The number of carboxylic acids is 1. The van der Waals surface area contributed by atoms with E-state index in [9.17, 15) is 14.7 Å². The highest BCUT2D eigenvalue weighted by molar-refractivity contribution is 5.98. The van der Waals surface area contributed by atoms with Crippen molar-refractivity contribution in [3.8, 4) is 0 Å². The number of carbonyl (C=O) groups is 2. The van der Waals surface area contributed by atoms with Crippen LogP contribution in [0.25, 0.3) is 16.5 Å². The molecule has 0 aliphatic heterocycles. The first-order valence-corrected chi connectivity index (χ1v) is 11.3. The Labute approximate surface area is 178 Å². The summed E-state index contributed by atoms with van der Waals surface area (Å²) in [5.41, 5.74) is 5.03. The molecule has 2 aliphatic rings. The van der Waals surface area contributed by atoms with Gasteiger partial charge >= 0.3 is 5.97 Å². The molecule has 5 nitrogen and oxygen atoms in total. The van der Waals surface area contributed by atoms with Gasteiger partial charge in [-0.2, -0.15) is 0 Å². The number of nitrogens with zero attached hydrogens (tertiary/aromatic N) is 2. The van der Waals surface area contributed by atoms with E-state index in [0.717, 1.165) is 23.7 Å². The molecule has 2 aliphatic carbocycles. The van der Waals surface area contributed by atoms with Gasteiger partial charge in [-0.05, 0) is 67.7 Å². The van der Waals surface area contributed by atoms with Crippen LogP contribution in [0.5, 0.6) is 0 Å². The number of amides is 1. The lowest BCUT2D eigenvalue weighted by Gasteiger charge is -2.25. The maximum absolute atomic E-state index is 12.8. The molecule has 160 valence electrons. The monoisotopic (exact) mass is 408 g/mol. The van der Waals surface area contributed by atoms with Gasteiger partial charge in [0.2, 0.25) is 5.91 Å². The van der Waals surface area contributed by atoms with Crippen molar-refractivity contribution in [1.29, 1.82) is 0 Å². The van der Waals surface area contributed by atoms with Crippen LogP contribution in [-0.4, -0.2) is 40.5 Å². The molecule has 1 heterocycles. The largest absolute Gasteiger partial charge is 0.478 e. The van der Waals surface area contributed by atoms with Crippen LogP contribution in [0.3, 0.4) is 0 Å². The fourth-order valence-electron chi connectivity index (χ4n) is 5.15. The van der Waals surface area contributed by atoms with Gasteiger partial charge in [0.1, 0.15) is 6.54 Å². The van der Waals surface area contributed by atoms with Crippen LogP contribution in [0.2, 0.25) is 0 Å². The van der Waals surface area contributed by atoms with Gasteiger partial charge in [0.05, 0.1) is 11.1 Å². The molecule has 0 bridgehead atoms. The highest BCUT2D eigenvalue weighted by Gasteiger charge is 2.29. The zero-order valence-electron chi connectivity index (χ0n) is 18.1. The molecule has 0 spiro atoms. The number of fused-ring (bicyclic) bond motifs is 1. The molecular weight excluding hydrogens is 376 g/mol. The number of rotatable bonds is 5. The van der Waals surface area contributed by atoms with Crippen molar-refractivity contribution in [1.82, 2.24) is 9.47 Å². The van der Waals surface area contributed by atoms with E-state index in [1.807, 2.05) is 6.07 Å². The SMILES string of the molecule is CN(C)C(=O)Cn1c(C2=CCCCC2)c(C2CCCCC2)c2ccc(C(=O)O)cc21. The fourth-order valence-corrected chi connectivity index (χ4v) is 5.15. The summed E-state index contributed by atoms with van der Waals surface area (Å²) in [6, 6.07) is 5.46. The molecule has 0 unspecified atom stereocenters. The minimum atomic E-state index is -0.929. The Balaban J connectivity index is 1.99. The van der Waals surface area contributed by atoms with Crippen molar-refractivity contribution in [3.63, 3.8) is 0 Å². The Bertz CT molecular complexity index is 993. The number of hydrogen-bond donors (Lipinski definition) is 1. The van der Waals surface area contributed by atoms with Gasteiger partial charge in [0.25, 0.3) is 0 Å². The number of likely N-dealkylation sites (N-methyl/N-ethyl adjacent to an activating group) is 1. The Hall–Kier alpha value is -2.56. The van der Waals surface area contributed by atoms with Gasteiger partial charge in [-0.25, -0.2) is 4.79 Å². The molecule has 1 aromatic heterocycles. The molecule has 1 aromatic carbocycles. The average Bonchev–Trinajstić information content (AvgIpc) is 3.08. The third-order valence-corrected chi connectivity index (χ3v) is 6.75. The van der Waals surface area contributed by atoms with Gasteiger partial charge in [-0.15, -0.1) is 0 Å². The van der Waals surface area contributed by atoms with Crippen molar-refractivity contribution in [2.45, 2.75) is 70.3 Å². The van der Waals surface area contributed by atoms with Crippen molar-refractivity contribution < 1.29 is 14.7 Å². The van der Waals surface area contributed by atoms with Crippen LogP contribution in [0, 0.1) is 0 Å². The van der Waals surface area contributed by atoms with E-state index in [-0.39, 0.29) is 18.0 Å². The lowest BCUT2D eigenvalue weighted by atomic mass is 9.80.